The fourth-order valence-electron chi connectivity index (χ4n) is 3.25. The Morgan fingerprint density at radius 1 is 1.55 bits per heavy atom. The van der Waals surface area contributed by atoms with Crippen LogP contribution < -0.4 is 11.4 Å². The Labute approximate surface area is 169 Å². The molecule has 1 unspecified atom stereocenters. The number of alkyl halides is 1. The van der Waals surface area contributed by atoms with Crippen LogP contribution in [0.5, 0.6) is 0 Å². The van der Waals surface area contributed by atoms with Crippen LogP contribution in [0.3, 0.4) is 0 Å². The Bertz CT molecular complexity index is 831. The first-order valence-corrected chi connectivity index (χ1v) is 11.3. The van der Waals surface area contributed by atoms with Gasteiger partial charge in [-0.1, -0.05) is 0 Å². The highest BCUT2D eigenvalue weighted by Crippen LogP contribution is 2.53. The fourth-order valence-corrected chi connectivity index (χ4v) is 5.70. The van der Waals surface area contributed by atoms with Gasteiger partial charge in [0, 0.05) is 12.6 Å². The van der Waals surface area contributed by atoms with E-state index in [0.717, 1.165) is 16.3 Å². The minimum atomic E-state index is -4.74. The van der Waals surface area contributed by atoms with Gasteiger partial charge >= 0.3 is 13.5 Å². The molecular weight excluding hydrogens is 432 g/mol. The Kier molecular flexibility index (Phi) is 7.01. The number of aliphatic hydroxyl groups is 2. The van der Waals surface area contributed by atoms with Crippen LogP contribution in [-0.2, 0) is 18.3 Å². The van der Waals surface area contributed by atoms with Crippen LogP contribution in [0.1, 0.15) is 18.7 Å². The molecule has 3 rings (SSSR count). The van der Waals surface area contributed by atoms with Crippen molar-refractivity contribution < 1.29 is 37.8 Å². The zero-order chi connectivity index (χ0) is 21.3. The van der Waals surface area contributed by atoms with Gasteiger partial charge in [-0.3, -0.25) is 13.6 Å². The molecule has 2 fully saturated rings. The number of hydrogen-bond donors (Lipinski definition) is 4. The van der Waals surface area contributed by atoms with Crippen LogP contribution in [0.25, 0.3) is 0 Å². The van der Waals surface area contributed by atoms with Gasteiger partial charge in [-0.05, 0) is 13.0 Å². The average Bonchev–Trinajstić information content (AvgIpc) is 3.12. The number of nitrogens with two attached hydrogens (primary N) is 1. The average molecular weight is 455 g/mol. The third-order valence-corrected chi connectivity index (χ3v) is 7.16. The molecule has 0 bridgehead atoms. The summed E-state index contributed by atoms with van der Waals surface area (Å²) in [6.45, 7) is 0.748. The first-order valence-electron chi connectivity index (χ1n) is 8.85. The molecule has 1 aromatic rings. The number of nitrogen functional groups attached to an aromatic ring is 1. The third-order valence-electron chi connectivity index (χ3n) is 4.64. The lowest BCUT2D eigenvalue weighted by Crippen LogP contribution is -2.35. The summed E-state index contributed by atoms with van der Waals surface area (Å²) >= 11 is 0.864. The van der Waals surface area contributed by atoms with Crippen LogP contribution >= 0.6 is 19.6 Å². The number of phosphoric ester groups is 1. The van der Waals surface area contributed by atoms with Crippen molar-refractivity contribution in [3.63, 3.8) is 0 Å². The topological polar surface area (TPSA) is 166 Å². The van der Waals surface area contributed by atoms with Crippen LogP contribution in [0.4, 0.5) is 10.2 Å². The molecule has 1 aromatic heterocycles. The van der Waals surface area contributed by atoms with Crippen molar-refractivity contribution in [2.24, 2.45) is 0 Å². The minimum absolute atomic E-state index is 0.0324. The van der Waals surface area contributed by atoms with Crippen LogP contribution in [0.2, 0.25) is 0 Å². The zero-order valence-electron chi connectivity index (χ0n) is 15.4. The molecule has 29 heavy (non-hydrogen) atoms. The van der Waals surface area contributed by atoms with Gasteiger partial charge in [0.15, 0.2) is 6.17 Å². The molecule has 5 N–H and O–H groups in total. The molecule has 2 aliphatic rings. The molecule has 3 heterocycles. The van der Waals surface area contributed by atoms with Gasteiger partial charge in [0.05, 0.1) is 30.7 Å². The van der Waals surface area contributed by atoms with Gasteiger partial charge in [0.2, 0.25) is 0 Å². The highest BCUT2D eigenvalue weighted by atomic mass is 32.2. The van der Waals surface area contributed by atoms with Gasteiger partial charge in [0.25, 0.3) is 0 Å². The van der Waals surface area contributed by atoms with Gasteiger partial charge in [-0.15, -0.1) is 11.8 Å². The van der Waals surface area contributed by atoms with E-state index in [1.807, 2.05) is 0 Å². The van der Waals surface area contributed by atoms with Crippen LogP contribution in [-0.4, -0.2) is 73.7 Å². The van der Waals surface area contributed by atoms with E-state index in [4.69, 9.17) is 19.5 Å². The predicted octanol–water partition coefficient (Wildman–Crippen LogP) is -0.190. The summed E-state index contributed by atoms with van der Waals surface area (Å²) in [6, 6.07) is 1.31. The lowest BCUT2D eigenvalue weighted by molar-refractivity contribution is -0.0258. The van der Waals surface area contributed by atoms with Gasteiger partial charge < -0.3 is 25.6 Å². The SMILES string of the molecule is C[C@H]1C[C@H](O)[C@@H](COP(=O)(O)O[C@H]2[C@H](F)[C@H](n3ccc(N)nc3=O)S[C@@H]2CO)O1. The van der Waals surface area contributed by atoms with Gasteiger partial charge in [-0.2, -0.15) is 4.98 Å². The summed E-state index contributed by atoms with van der Waals surface area (Å²) in [5, 5.41) is 17.3. The fraction of sp³-hybridized carbons (Fsp3) is 0.733. The highest BCUT2D eigenvalue weighted by Gasteiger charge is 2.50. The molecule has 164 valence electrons. The second kappa shape index (κ2) is 8.98. The molecule has 0 saturated carbocycles. The quantitative estimate of drug-likeness (QED) is 0.403. The van der Waals surface area contributed by atoms with Crippen LogP contribution in [0, 0.1) is 0 Å². The molecule has 8 atom stereocenters. The molecule has 2 saturated heterocycles. The summed E-state index contributed by atoms with van der Waals surface area (Å²) in [5.74, 6) is -0.0324. The largest absolute Gasteiger partial charge is 0.472 e. The number of nitrogens with zero attached hydrogens (tertiary/aromatic N) is 2. The molecule has 11 nitrogen and oxygen atoms in total. The predicted molar refractivity (Wildman–Crippen MR) is 101 cm³/mol. The Hall–Kier alpha value is -1.05. The summed E-state index contributed by atoms with van der Waals surface area (Å²) in [7, 11) is -4.74. The molecule has 0 aromatic carbocycles. The molecular formula is C15H23FN3O8PS. The number of halogens is 1. The second-order valence-electron chi connectivity index (χ2n) is 6.86. The van der Waals surface area contributed by atoms with Crippen molar-refractivity contribution in [2.75, 3.05) is 18.9 Å². The van der Waals surface area contributed by atoms with Crippen molar-refractivity contribution in [1.82, 2.24) is 9.55 Å². The maximum atomic E-state index is 15.0. The molecule has 0 aliphatic carbocycles. The second-order valence-corrected chi connectivity index (χ2v) is 9.62. The maximum Gasteiger partial charge on any atom is 0.472 e. The number of aromatic nitrogens is 2. The molecule has 0 amide bonds. The lowest BCUT2D eigenvalue weighted by Gasteiger charge is -2.23. The number of rotatable bonds is 7. The van der Waals surface area contributed by atoms with E-state index in [1.54, 1.807) is 6.92 Å². The van der Waals surface area contributed by atoms with Gasteiger partial charge in [0.1, 0.15) is 23.4 Å². The number of aliphatic hydroxyl groups excluding tert-OH is 2. The summed E-state index contributed by atoms with van der Waals surface area (Å²) in [5.41, 5.74) is 4.63. The number of hydrogen-bond acceptors (Lipinski definition) is 10. The normalized spacial score (nSPS) is 36.9. The minimum Gasteiger partial charge on any atom is -0.395 e. The Morgan fingerprint density at radius 3 is 2.86 bits per heavy atom. The van der Waals surface area contributed by atoms with Crippen molar-refractivity contribution >= 4 is 25.4 Å². The number of thioether (sulfide) groups is 1. The molecule has 14 heteroatoms. The molecule has 2 aliphatic heterocycles. The number of anilines is 1. The van der Waals surface area contributed by atoms with Crippen molar-refractivity contribution in [2.45, 2.75) is 54.6 Å². The first kappa shape index (κ1) is 22.6. The van der Waals surface area contributed by atoms with Gasteiger partial charge in [-0.25, -0.2) is 13.8 Å². The van der Waals surface area contributed by atoms with Crippen molar-refractivity contribution in [3.8, 4) is 0 Å². The third kappa shape index (κ3) is 5.17. The van der Waals surface area contributed by atoms with E-state index in [-0.39, 0.29) is 11.9 Å². The molecule has 0 spiro atoms. The Balaban J connectivity index is 1.68. The van der Waals surface area contributed by atoms with E-state index in [2.05, 4.69) is 4.98 Å². The first-order chi connectivity index (χ1) is 13.6. The Morgan fingerprint density at radius 2 is 2.28 bits per heavy atom. The van der Waals surface area contributed by atoms with E-state index in [1.165, 1.54) is 12.3 Å². The van der Waals surface area contributed by atoms with E-state index < -0.39 is 61.8 Å². The summed E-state index contributed by atoms with van der Waals surface area (Å²) < 4.78 is 43.5. The number of ether oxygens (including phenoxy) is 1. The van der Waals surface area contributed by atoms with E-state index >= 15 is 4.39 Å². The molecule has 0 radical (unpaired) electrons. The van der Waals surface area contributed by atoms with Crippen LogP contribution in [0.15, 0.2) is 17.1 Å². The summed E-state index contributed by atoms with van der Waals surface area (Å²) in [4.78, 5) is 25.5. The van der Waals surface area contributed by atoms with Crippen molar-refractivity contribution in [3.05, 3.63) is 22.7 Å². The standard InChI is InChI=1S/C15H23FN3O8PS/c1-7-4-8(21)9(26-7)6-25-28(23,24)27-13-10(5-20)29-14(12(13)16)19-3-2-11(17)18-15(19)22/h2-3,7-10,12-14,20-21H,4-6H2,1H3,(H,23,24)(H2,17,18,22)/t7-,8-,9+,10+,12-,13+,14+/m0/s1. The maximum absolute atomic E-state index is 15.0. The summed E-state index contributed by atoms with van der Waals surface area (Å²) in [6.07, 6.45) is -3.74. The smallest absolute Gasteiger partial charge is 0.395 e. The van der Waals surface area contributed by atoms with E-state index in [9.17, 15) is 24.5 Å². The van der Waals surface area contributed by atoms with Crippen molar-refractivity contribution in [1.29, 1.82) is 0 Å². The number of phosphoric acid groups is 1. The monoisotopic (exact) mass is 455 g/mol. The zero-order valence-corrected chi connectivity index (χ0v) is 17.1. The highest BCUT2D eigenvalue weighted by molar-refractivity contribution is 8.00. The lowest BCUT2D eigenvalue weighted by atomic mass is 10.1. The van der Waals surface area contributed by atoms with E-state index in [0.29, 0.717) is 6.42 Å².